The van der Waals surface area contributed by atoms with Crippen LogP contribution in [0.5, 0.6) is 0 Å². The summed E-state index contributed by atoms with van der Waals surface area (Å²) in [4.78, 5) is 28.0. The fourth-order valence-electron chi connectivity index (χ4n) is 3.41. The molecule has 0 saturated carbocycles. The van der Waals surface area contributed by atoms with E-state index in [4.69, 9.17) is 4.74 Å². The average molecular weight is 376 g/mol. The van der Waals surface area contributed by atoms with Gasteiger partial charge >= 0.3 is 0 Å². The first-order chi connectivity index (χ1) is 12.6. The van der Waals surface area contributed by atoms with Gasteiger partial charge in [0.05, 0.1) is 12.1 Å². The van der Waals surface area contributed by atoms with Crippen LogP contribution in [0.25, 0.3) is 0 Å². The molecule has 0 aliphatic carbocycles. The van der Waals surface area contributed by atoms with Crippen molar-refractivity contribution in [2.45, 2.75) is 18.4 Å². The van der Waals surface area contributed by atoms with E-state index < -0.39 is 5.60 Å². The van der Waals surface area contributed by atoms with Crippen molar-refractivity contribution in [3.63, 3.8) is 0 Å². The minimum absolute atomic E-state index is 0.0126. The SMILES string of the molecule is O=C(c1csnn1)N1CCC2(CC1)CN(c1ccc(F)cc1)C(=O)CO2. The maximum Gasteiger partial charge on any atom is 0.275 e. The Bertz CT molecular complexity index is 804. The number of anilines is 1. The maximum atomic E-state index is 13.2. The molecule has 1 spiro atoms. The molecular weight excluding hydrogens is 359 g/mol. The molecule has 2 fully saturated rings. The molecule has 4 rings (SSSR count). The molecule has 26 heavy (non-hydrogen) atoms. The fourth-order valence-corrected chi connectivity index (χ4v) is 3.84. The van der Waals surface area contributed by atoms with Gasteiger partial charge in [-0.15, -0.1) is 5.10 Å². The van der Waals surface area contributed by atoms with E-state index in [1.54, 1.807) is 27.3 Å². The number of piperidine rings is 1. The van der Waals surface area contributed by atoms with Crippen LogP contribution in [0.4, 0.5) is 10.1 Å². The summed E-state index contributed by atoms with van der Waals surface area (Å²) in [6.07, 6.45) is 1.25. The number of aromatic nitrogens is 2. The van der Waals surface area contributed by atoms with E-state index in [1.165, 1.54) is 12.1 Å². The number of ether oxygens (including phenoxy) is 1. The zero-order valence-electron chi connectivity index (χ0n) is 13.9. The van der Waals surface area contributed by atoms with Crippen molar-refractivity contribution in [3.05, 3.63) is 41.2 Å². The van der Waals surface area contributed by atoms with Crippen molar-refractivity contribution in [3.8, 4) is 0 Å². The van der Waals surface area contributed by atoms with Gasteiger partial charge in [-0.05, 0) is 48.6 Å². The van der Waals surface area contributed by atoms with Gasteiger partial charge < -0.3 is 14.5 Å². The largest absolute Gasteiger partial charge is 0.363 e. The van der Waals surface area contributed by atoms with Crippen LogP contribution >= 0.6 is 11.5 Å². The number of halogens is 1. The van der Waals surface area contributed by atoms with Crippen LogP contribution in [0.15, 0.2) is 29.6 Å². The lowest BCUT2D eigenvalue weighted by Gasteiger charge is -2.46. The number of hydrogen-bond donors (Lipinski definition) is 0. The van der Waals surface area contributed by atoms with E-state index in [1.807, 2.05) is 0 Å². The Morgan fingerprint density at radius 1 is 1.23 bits per heavy atom. The third-order valence-corrected chi connectivity index (χ3v) is 5.43. The van der Waals surface area contributed by atoms with Gasteiger partial charge in [0, 0.05) is 24.2 Å². The number of rotatable bonds is 2. The average Bonchev–Trinajstić information content (AvgIpc) is 3.20. The van der Waals surface area contributed by atoms with Crippen LogP contribution in [0.2, 0.25) is 0 Å². The Balaban J connectivity index is 1.45. The van der Waals surface area contributed by atoms with Gasteiger partial charge in [-0.2, -0.15) is 0 Å². The smallest absolute Gasteiger partial charge is 0.275 e. The summed E-state index contributed by atoms with van der Waals surface area (Å²) >= 11 is 1.15. The van der Waals surface area contributed by atoms with Crippen molar-refractivity contribution in [1.82, 2.24) is 14.5 Å². The number of carbonyl (C=O) groups excluding carboxylic acids is 2. The zero-order chi connectivity index (χ0) is 18.1. The summed E-state index contributed by atoms with van der Waals surface area (Å²) in [5.41, 5.74) is 0.532. The number of likely N-dealkylation sites (tertiary alicyclic amines) is 1. The minimum Gasteiger partial charge on any atom is -0.363 e. The first-order valence-electron chi connectivity index (χ1n) is 8.33. The lowest BCUT2D eigenvalue weighted by atomic mass is 9.89. The summed E-state index contributed by atoms with van der Waals surface area (Å²) < 4.78 is 22.8. The standard InChI is InChI=1S/C17H17FN4O3S/c18-12-1-3-13(4-2-12)22-11-17(25-9-15(22)23)5-7-21(8-6-17)16(24)14-10-26-20-19-14/h1-4,10H,5-9,11H2. The van der Waals surface area contributed by atoms with E-state index in [-0.39, 0.29) is 24.2 Å². The third kappa shape index (κ3) is 3.19. The Morgan fingerprint density at radius 3 is 2.62 bits per heavy atom. The number of benzene rings is 1. The molecule has 0 N–H and O–H groups in total. The zero-order valence-corrected chi connectivity index (χ0v) is 14.7. The quantitative estimate of drug-likeness (QED) is 0.798. The van der Waals surface area contributed by atoms with Gasteiger partial charge in [0.25, 0.3) is 11.8 Å². The molecule has 2 aliphatic heterocycles. The van der Waals surface area contributed by atoms with Crippen molar-refractivity contribution < 1.29 is 18.7 Å². The molecule has 2 aromatic rings. The monoisotopic (exact) mass is 376 g/mol. The van der Waals surface area contributed by atoms with Crippen molar-refractivity contribution >= 4 is 29.0 Å². The highest BCUT2D eigenvalue weighted by Crippen LogP contribution is 2.33. The van der Waals surface area contributed by atoms with Gasteiger partial charge in [0.15, 0.2) is 5.69 Å². The van der Waals surface area contributed by atoms with Crippen LogP contribution in [0.3, 0.4) is 0 Å². The number of nitrogens with zero attached hydrogens (tertiary/aromatic N) is 4. The molecule has 0 bridgehead atoms. The van der Waals surface area contributed by atoms with E-state index >= 15 is 0 Å². The second-order valence-corrected chi connectivity index (χ2v) is 7.12. The highest BCUT2D eigenvalue weighted by molar-refractivity contribution is 7.03. The number of hydrogen-bond acceptors (Lipinski definition) is 6. The number of amides is 2. The molecule has 1 aromatic carbocycles. The first-order valence-corrected chi connectivity index (χ1v) is 9.16. The van der Waals surface area contributed by atoms with Gasteiger partial charge in [-0.1, -0.05) is 4.49 Å². The maximum absolute atomic E-state index is 13.2. The summed E-state index contributed by atoms with van der Waals surface area (Å²) in [6.45, 7) is 1.45. The first kappa shape index (κ1) is 17.0. The molecule has 2 aliphatic rings. The Kier molecular flexibility index (Phi) is 4.41. The van der Waals surface area contributed by atoms with Gasteiger partial charge in [-0.3, -0.25) is 9.59 Å². The molecule has 0 atom stereocenters. The highest BCUT2D eigenvalue weighted by Gasteiger charge is 2.43. The molecule has 136 valence electrons. The number of morpholine rings is 1. The van der Waals surface area contributed by atoms with Crippen LogP contribution in [0.1, 0.15) is 23.3 Å². The van der Waals surface area contributed by atoms with E-state index in [0.29, 0.717) is 43.9 Å². The predicted octanol–water partition coefficient (Wildman–Crippen LogP) is 1.72. The van der Waals surface area contributed by atoms with Crippen molar-refractivity contribution in [2.75, 3.05) is 31.1 Å². The molecule has 2 amide bonds. The Morgan fingerprint density at radius 2 is 1.96 bits per heavy atom. The normalized spacial score (nSPS) is 19.8. The van der Waals surface area contributed by atoms with Crippen molar-refractivity contribution in [2.24, 2.45) is 0 Å². The van der Waals surface area contributed by atoms with Crippen LogP contribution in [0, 0.1) is 5.82 Å². The summed E-state index contributed by atoms with van der Waals surface area (Å²) in [5, 5.41) is 5.46. The second kappa shape index (κ2) is 6.73. The topological polar surface area (TPSA) is 75.6 Å². The van der Waals surface area contributed by atoms with E-state index in [0.717, 1.165) is 11.5 Å². The molecule has 1 aromatic heterocycles. The lowest BCUT2D eigenvalue weighted by molar-refractivity contribution is -0.143. The third-order valence-electron chi connectivity index (χ3n) is 4.93. The molecular formula is C17H17FN4O3S. The van der Waals surface area contributed by atoms with E-state index in [9.17, 15) is 14.0 Å². The lowest BCUT2D eigenvalue weighted by Crippen LogP contribution is -2.59. The minimum atomic E-state index is -0.487. The summed E-state index contributed by atoms with van der Waals surface area (Å²) in [5.74, 6) is -0.613. The predicted molar refractivity (Wildman–Crippen MR) is 92.5 cm³/mol. The summed E-state index contributed by atoms with van der Waals surface area (Å²) in [6, 6.07) is 5.88. The van der Waals surface area contributed by atoms with Crippen LogP contribution in [-0.2, 0) is 9.53 Å². The molecule has 0 unspecified atom stereocenters. The molecule has 7 nitrogen and oxygen atoms in total. The number of carbonyl (C=O) groups is 2. The Hall–Kier alpha value is -2.39. The fraction of sp³-hybridized carbons (Fsp3) is 0.412. The summed E-state index contributed by atoms with van der Waals surface area (Å²) in [7, 11) is 0. The van der Waals surface area contributed by atoms with Gasteiger partial charge in [-0.25, -0.2) is 4.39 Å². The second-order valence-electron chi connectivity index (χ2n) is 6.51. The highest BCUT2D eigenvalue weighted by atomic mass is 32.1. The van der Waals surface area contributed by atoms with Gasteiger partial charge in [0.2, 0.25) is 0 Å². The van der Waals surface area contributed by atoms with Crippen molar-refractivity contribution in [1.29, 1.82) is 0 Å². The molecule has 3 heterocycles. The van der Waals surface area contributed by atoms with E-state index in [2.05, 4.69) is 9.59 Å². The van der Waals surface area contributed by atoms with Gasteiger partial charge in [0.1, 0.15) is 12.4 Å². The molecule has 0 radical (unpaired) electrons. The molecule has 2 saturated heterocycles. The van der Waals surface area contributed by atoms with Crippen LogP contribution in [-0.4, -0.2) is 58.1 Å². The van der Waals surface area contributed by atoms with Crippen LogP contribution < -0.4 is 4.90 Å². The molecule has 9 heteroatoms. The Labute approximate surface area is 153 Å².